The lowest BCUT2D eigenvalue weighted by atomic mass is 9.99. The normalized spacial score (nSPS) is 14.3. The molecular weight excluding hydrogens is 1290 g/mol. The molecule has 0 rings (SSSR count). The van der Waals surface area contributed by atoms with Crippen molar-refractivity contribution in [2.45, 2.75) is 433 Å². The van der Waals surface area contributed by atoms with Crippen molar-refractivity contribution >= 4 is 39.5 Å². The highest BCUT2D eigenvalue weighted by atomic mass is 31.2. The number of carbonyl (C=O) groups is 4. The van der Waals surface area contributed by atoms with Crippen LogP contribution in [0.15, 0.2) is 0 Å². The van der Waals surface area contributed by atoms with E-state index in [1.165, 1.54) is 225 Å². The maximum atomic E-state index is 13.1. The van der Waals surface area contributed by atoms with Gasteiger partial charge < -0.3 is 33.8 Å². The van der Waals surface area contributed by atoms with Crippen molar-refractivity contribution in [3.8, 4) is 0 Å². The first-order chi connectivity index (χ1) is 47.8. The van der Waals surface area contributed by atoms with Gasteiger partial charge in [-0.25, -0.2) is 9.13 Å². The summed E-state index contributed by atoms with van der Waals surface area (Å²) in [5.74, 6) is 0.268. The van der Waals surface area contributed by atoms with Crippen LogP contribution in [0.2, 0.25) is 0 Å². The van der Waals surface area contributed by atoms with Gasteiger partial charge in [0.15, 0.2) is 12.2 Å². The summed E-state index contributed by atoms with van der Waals surface area (Å²) in [4.78, 5) is 73.0. The zero-order chi connectivity index (χ0) is 73.0. The van der Waals surface area contributed by atoms with E-state index in [1.54, 1.807) is 0 Å². The van der Waals surface area contributed by atoms with Crippen molar-refractivity contribution < 1.29 is 80.2 Å². The van der Waals surface area contributed by atoms with Crippen molar-refractivity contribution in [3.05, 3.63) is 0 Å². The summed E-state index contributed by atoms with van der Waals surface area (Å²) in [5, 5.41) is 10.6. The fraction of sp³-hybridized carbons (Fsp3) is 0.950. The van der Waals surface area contributed by atoms with Crippen LogP contribution in [-0.4, -0.2) is 96.7 Å². The van der Waals surface area contributed by atoms with Crippen LogP contribution in [0.3, 0.4) is 0 Å². The van der Waals surface area contributed by atoms with E-state index in [-0.39, 0.29) is 25.7 Å². The Hall–Kier alpha value is -1.94. The molecule has 99 heavy (non-hydrogen) atoms. The lowest BCUT2D eigenvalue weighted by molar-refractivity contribution is -0.161. The van der Waals surface area contributed by atoms with Crippen LogP contribution >= 0.6 is 15.6 Å². The predicted octanol–water partition coefficient (Wildman–Crippen LogP) is 23.7. The molecule has 0 saturated heterocycles. The second kappa shape index (κ2) is 70.4. The van der Waals surface area contributed by atoms with Crippen molar-refractivity contribution in [2.24, 2.45) is 17.8 Å². The third kappa shape index (κ3) is 72.8. The number of phosphoric acid groups is 2. The van der Waals surface area contributed by atoms with Gasteiger partial charge >= 0.3 is 39.5 Å². The molecule has 0 aromatic heterocycles. The number of carbonyl (C=O) groups excluding carboxylic acids is 4. The Labute approximate surface area is 607 Å². The molecule has 3 N–H and O–H groups in total. The molecule has 0 spiro atoms. The van der Waals surface area contributed by atoms with E-state index < -0.39 is 97.5 Å². The molecule has 0 aromatic carbocycles. The van der Waals surface area contributed by atoms with Crippen molar-refractivity contribution in [2.75, 3.05) is 39.6 Å². The van der Waals surface area contributed by atoms with E-state index >= 15 is 0 Å². The molecule has 19 heteroatoms. The van der Waals surface area contributed by atoms with Crippen LogP contribution in [0.5, 0.6) is 0 Å². The second-order valence-corrected chi connectivity index (χ2v) is 32.9. The Morgan fingerprint density at radius 3 is 0.768 bits per heavy atom. The molecule has 0 bridgehead atoms. The lowest BCUT2D eigenvalue weighted by Gasteiger charge is -2.21. The predicted molar refractivity (Wildman–Crippen MR) is 405 cm³/mol. The van der Waals surface area contributed by atoms with Crippen LogP contribution in [-0.2, 0) is 65.4 Å². The highest BCUT2D eigenvalue weighted by molar-refractivity contribution is 7.47. The van der Waals surface area contributed by atoms with Crippen molar-refractivity contribution in [1.29, 1.82) is 0 Å². The van der Waals surface area contributed by atoms with Crippen LogP contribution in [0, 0.1) is 17.8 Å². The van der Waals surface area contributed by atoms with Gasteiger partial charge in [-0.15, -0.1) is 0 Å². The standard InChI is InChI=1S/C80H156O17P2/c1-8-10-11-12-13-14-15-27-33-42-49-56-63-79(84)97-76(68-91-78(83)62-55-48-41-36-35-38-45-52-59-72(5)6)70-95-99(88,89)93-66-74(81)65-92-98(86,87)94-69-75(96-80(85)64-57-50-43-34-29-24-18-16-17-21-25-30-37-44-51-58-71(3)4)67-90-77(82)61-54-47-40-32-28-23-20-19-22-26-31-39-46-53-60-73(7)9-2/h71-76,81H,8-70H2,1-7H3,(H,86,87)(H,88,89)/t73?,74-,75-,76-/m1/s1. The molecule has 6 atom stereocenters. The van der Waals surface area contributed by atoms with E-state index in [0.29, 0.717) is 25.7 Å². The number of esters is 4. The fourth-order valence-corrected chi connectivity index (χ4v) is 13.9. The molecule has 0 saturated carbocycles. The van der Waals surface area contributed by atoms with Gasteiger partial charge in [0.25, 0.3) is 0 Å². The van der Waals surface area contributed by atoms with Gasteiger partial charge in [-0.3, -0.25) is 37.3 Å². The maximum absolute atomic E-state index is 13.1. The fourth-order valence-electron chi connectivity index (χ4n) is 12.3. The zero-order valence-corrected chi connectivity index (χ0v) is 66.8. The van der Waals surface area contributed by atoms with Crippen molar-refractivity contribution in [1.82, 2.24) is 0 Å². The summed E-state index contributed by atoms with van der Waals surface area (Å²) in [6.07, 6.45) is 58.2. The topological polar surface area (TPSA) is 237 Å². The lowest BCUT2D eigenvalue weighted by Crippen LogP contribution is -2.30. The first kappa shape index (κ1) is 97.1. The molecule has 0 aliphatic rings. The van der Waals surface area contributed by atoms with Crippen LogP contribution in [0.25, 0.3) is 0 Å². The molecule has 0 aromatic rings. The number of hydrogen-bond donors (Lipinski definition) is 3. The third-order valence-corrected chi connectivity index (χ3v) is 20.9. The minimum Gasteiger partial charge on any atom is -0.462 e. The minimum absolute atomic E-state index is 0.107. The molecular formula is C80H156O17P2. The molecule has 0 aliphatic heterocycles. The van der Waals surface area contributed by atoms with E-state index in [1.807, 2.05) is 0 Å². The number of aliphatic hydroxyl groups is 1. The molecule has 17 nitrogen and oxygen atoms in total. The SMILES string of the molecule is CCCCCCCCCCCCCCC(=O)O[C@H](COC(=O)CCCCCCCCCCC(C)C)COP(=O)(O)OC[C@H](O)COP(=O)(O)OC[C@@H](COC(=O)CCCCCCCCCCCCCCCCC(C)CC)OC(=O)CCCCCCCCCCCCCCCCCC(C)C. The third-order valence-electron chi connectivity index (χ3n) is 19.0. The van der Waals surface area contributed by atoms with E-state index in [4.69, 9.17) is 37.0 Å². The Balaban J connectivity index is 5.24. The smallest absolute Gasteiger partial charge is 0.462 e. The maximum Gasteiger partial charge on any atom is 0.472 e. The second-order valence-electron chi connectivity index (χ2n) is 30.0. The minimum atomic E-state index is -4.96. The van der Waals surface area contributed by atoms with Crippen LogP contribution in [0.4, 0.5) is 0 Å². The molecule has 0 aliphatic carbocycles. The number of phosphoric ester groups is 2. The van der Waals surface area contributed by atoms with Crippen LogP contribution in [0.1, 0.15) is 414 Å². The Kier molecular flexibility index (Phi) is 69.0. The number of aliphatic hydroxyl groups excluding tert-OH is 1. The number of unbranched alkanes of at least 4 members (excludes halogenated alkanes) is 45. The molecule has 0 fully saturated rings. The monoisotopic (exact) mass is 1450 g/mol. The van der Waals surface area contributed by atoms with Gasteiger partial charge in [-0.05, 0) is 43.4 Å². The van der Waals surface area contributed by atoms with Gasteiger partial charge in [0.05, 0.1) is 26.4 Å². The van der Waals surface area contributed by atoms with Gasteiger partial charge in [0, 0.05) is 25.7 Å². The highest BCUT2D eigenvalue weighted by Gasteiger charge is 2.30. The number of ether oxygens (including phenoxy) is 4. The molecule has 0 amide bonds. The summed E-state index contributed by atoms with van der Waals surface area (Å²) in [6.45, 7) is 12.0. The van der Waals surface area contributed by atoms with Gasteiger partial charge in [-0.1, -0.05) is 363 Å². The Morgan fingerprint density at radius 1 is 0.293 bits per heavy atom. The molecule has 588 valence electrons. The summed E-state index contributed by atoms with van der Waals surface area (Å²) >= 11 is 0. The average molecular weight is 1450 g/mol. The molecule has 0 radical (unpaired) electrons. The molecule has 3 unspecified atom stereocenters. The zero-order valence-electron chi connectivity index (χ0n) is 65.0. The van der Waals surface area contributed by atoms with Gasteiger partial charge in [0.2, 0.25) is 0 Å². The summed E-state index contributed by atoms with van der Waals surface area (Å²) in [7, 11) is -9.92. The molecule has 0 heterocycles. The summed E-state index contributed by atoms with van der Waals surface area (Å²) in [6, 6.07) is 0. The average Bonchev–Trinajstić information content (AvgIpc) is 0.973. The van der Waals surface area contributed by atoms with E-state index in [0.717, 1.165) is 108 Å². The van der Waals surface area contributed by atoms with Gasteiger partial charge in [0.1, 0.15) is 19.3 Å². The van der Waals surface area contributed by atoms with E-state index in [2.05, 4.69) is 48.5 Å². The summed E-state index contributed by atoms with van der Waals surface area (Å²) < 4.78 is 68.7. The quantitative estimate of drug-likeness (QED) is 0.0222. The first-order valence-electron chi connectivity index (χ1n) is 41.4. The number of hydrogen-bond acceptors (Lipinski definition) is 15. The first-order valence-corrected chi connectivity index (χ1v) is 44.4. The number of rotatable bonds is 78. The largest absolute Gasteiger partial charge is 0.472 e. The Bertz CT molecular complexity index is 1920. The van der Waals surface area contributed by atoms with Gasteiger partial charge in [-0.2, -0.15) is 0 Å². The highest BCUT2D eigenvalue weighted by Crippen LogP contribution is 2.45. The van der Waals surface area contributed by atoms with Crippen molar-refractivity contribution in [3.63, 3.8) is 0 Å². The van der Waals surface area contributed by atoms with E-state index in [9.17, 15) is 43.2 Å². The Morgan fingerprint density at radius 2 is 0.515 bits per heavy atom. The summed E-state index contributed by atoms with van der Waals surface area (Å²) in [5.41, 5.74) is 0. The van der Waals surface area contributed by atoms with Crippen LogP contribution < -0.4 is 0 Å².